The molecule has 1 aliphatic heterocycles. The van der Waals surface area contributed by atoms with Crippen LogP contribution in [0.3, 0.4) is 0 Å². The number of rotatable bonds is 1. The fourth-order valence-electron chi connectivity index (χ4n) is 1.97. The summed E-state index contributed by atoms with van der Waals surface area (Å²) >= 11 is 0. The van der Waals surface area contributed by atoms with Crippen molar-refractivity contribution >= 4 is 5.96 Å². The number of hydrogen-bond acceptors (Lipinski definition) is 2. The Balaban J connectivity index is 2.33. The van der Waals surface area contributed by atoms with Crippen molar-refractivity contribution in [3.05, 3.63) is 0 Å². The predicted molar refractivity (Wildman–Crippen MR) is 64.3 cm³/mol. The first kappa shape index (κ1) is 12.3. The maximum atomic E-state index is 7.51. The van der Waals surface area contributed by atoms with Crippen molar-refractivity contribution in [2.75, 3.05) is 20.1 Å². The van der Waals surface area contributed by atoms with Crippen LogP contribution in [0.4, 0.5) is 0 Å². The smallest absolute Gasteiger partial charge is 0.188 e. The summed E-state index contributed by atoms with van der Waals surface area (Å²) < 4.78 is 0. The van der Waals surface area contributed by atoms with Crippen LogP contribution in [-0.2, 0) is 0 Å². The highest BCUT2D eigenvalue weighted by atomic mass is 15.2. The summed E-state index contributed by atoms with van der Waals surface area (Å²) in [6, 6.07) is 0.462. The Morgan fingerprint density at radius 1 is 1.27 bits per heavy atom. The van der Waals surface area contributed by atoms with E-state index in [4.69, 9.17) is 5.41 Å². The molecular weight excluding hydrogens is 188 g/mol. The van der Waals surface area contributed by atoms with Crippen LogP contribution in [0.1, 0.15) is 33.6 Å². The molecule has 0 amide bonds. The van der Waals surface area contributed by atoms with Crippen molar-refractivity contribution in [1.29, 1.82) is 5.41 Å². The summed E-state index contributed by atoms with van der Waals surface area (Å²) in [6.45, 7) is 9.03. The van der Waals surface area contributed by atoms with Crippen LogP contribution in [0.15, 0.2) is 0 Å². The molecule has 0 atom stereocenters. The number of guanidine groups is 1. The first-order valence-corrected chi connectivity index (χ1v) is 5.71. The molecule has 1 rings (SSSR count). The van der Waals surface area contributed by atoms with E-state index in [2.05, 4.69) is 36.3 Å². The summed E-state index contributed by atoms with van der Waals surface area (Å²) in [5.74, 6) is 0.434. The molecule has 1 aliphatic rings. The summed E-state index contributed by atoms with van der Waals surface area (Å²) in [7, 11) is 1.78. The Morgan fingerprint density at radius 2 is 1.80 bits per heavy atom. The van der Waals surface area contributed by atoms with Crippen LogP contribution in [-0.4, -0.2) is 42.6 Å². The lowest BCUT2D eigenvalue weighted by molar-refractivity contribution is 0.0997. The summed E-state index contributed by atoms with van der Waals surface area (Å²) in [5, 5.41) is 13.5. The van der Waals surface area contributed by atoms with Gasteiger partial charge in [0.05, 0.1) is 0 Å². The molecule has 88 valence electrons. The van der Waals surface area contributed by atoms with E-state index in [1.165, 1.54) is 0 Å². The quantitative estimate of drug-likeness (QED) is 0.449. The monoisotopic (exact) mass is 212 g/mol. The number of likely N-dealkylation sites (tertiary alicyclic amines) is 1. The van der Waals surface area contributed by atoms with Gasteiger partial charge in [-0.1, -0.05) is 0 Å². The zero-order chi connectivity index (χ0) is 11.5. The minimum atomic E-state index is 0.279. The van der Waals surface area contributed by atoms with E-state index < -0.39 is 0 Å². The van der Waals surface area contributed by atoms with Gasteiger partial charge >= 0.3 is 0 Å². The van der Waals surface area contributed by atoms with Gasteiger partial charge in [0, 0.05) is 31.7 Å². The molecule has 4 nitrogen and oxygen atoms in total. The highest BCUT2D eigenvalue weighted by molar-refractivity contribution is 5.76. The Kier molecular flexibility index (Phi) is 3.97. The maximum Gasteiger partial charge on any atom is 0.188 e. The van der Waals surface area contributed by atoms with Crippen LogP contribution in [0.5, 0.6) is 0 Å². The van der Waals surface area contributed by atoms with Crippen molar-refractivity contribution in [3.8, 4) is 0 Å². The summed E-state index contributed by atoms with van der Waals surface area (Å²) in [6.07, 6.45) is 2.25. The van der Waals surface area contributed by atoms with Crippen LogP contribution in [0.25, 0.3) is 0 Å². The average molecular weight is 212 g/mol. The van der Waals surface area contributed by atoms with E-state index in [1.807, 2.05) is 0 Å². The fourth-order valence-corrected chi connectivity index (χ4v) is 1.97. The van der Waals surface area contributed by atoms with Gasteiger partial charge in [-0.05, 0) is 33.6 Å². The molecule has 3 N–H and O–H groups in total. The first-order valence-electron chi connectivity index (χ1n) is 5.71. The molecule has 0 saturated carbocycles. The molecular formula is C11H24N4. The summed E-state index contributed by atoms with van der Waals surface area (Å²) in [4.78, 5) is 2.51. The highest BCUT2D eigenvalue weighted by Gasteiger charge is 2.26. The predicted octanol–water partition coefficient (Wildman–Crippen LogP) is 0.993. The third-order valence-corrected chi connectivity index (χ3v) is 3.04. The third kappa shape index (κ3) is 3.70. The van der Waals surface area contributed by atoms with E-state index in [0.29, 0.717) is 12.0 Å². The van der Waals surface area contributed by atoms with Gasteiger partial charge in [-0.3, -0.25) is 10.3 Å². The molecule has 0 radical (unpaired) electrons. The average Bonchev–Trinajstić information content (AvgIpc) is 2.17. The van der Waals surface area contributed by atoms with E-state index in [-0.39, 0.29) is 5.54 Å². The Labute approximate surface area is 92.9 Å². The standard InChI is InChI=1S/C11H24N4/c1-11(2,3)15-7-5-9(6-8-15)14-10(12)13-4/h9H,5-8H2,1-4H3,(H3,12,13,14). The Hall–Kier alpha value is -0.770. The van der Waals surface area contributed by atoms with Crippen molar-refractivity contribution in [3.63, 3.8) is 0 Å². The second-order valence-corrected chi connectivity index (χ2v) is 5.20. The van der Waals surface area contributed by atoms with Gasteiger partial charge in [-0.15, -0.1) is 0 Å². The van der Waals surface area contributed by atoms with Gasteiger partial charge in [-0.25, -0.2) is 0 Å². The van der Waals surface area contributed by atoms with E-state index in [1.54, 1.807) is 7.05 Å². The second kappa shape index (κ2) is 4.84. The minimum absolute atomic E-state index is 0.279. The molecule has 1 fully saturated rings. The van der Waals surface area contributed by atoms with Gasteiger partial charge in [0.15, 0.2) is 5.96 Å². The van der Waals surface area contributed by atoms with Crippen LogP contribution in [0.2, 0.25) is 0 Å². The normalized spacial score (nSPS) is 20.0. The van der Waals surface area contributed by atoms with E-state index in [9.17, 15) is 0 Å². The molecule has 0 aromatic heterocycles. The van der Waals surface area contributed by atoms with Gasteiger partial charge in [0.2, 0.25) is 0 Å². The summed E-state index contributed by atoms with van der Waals surface area (Å²) in [5.41, 5.74) is 0.279. The number of piperidine rings is 1. The zero-order valence-corrected chi connectivity index (χ0v) is 10.4. The van der Waals surface area contributed by atoms with Crippen molar-refractivity contribution in [2.45, 2.75) is 45.2 Å². The fraction of sp³-hybridized carbons (Fsp3) is 0.909. The molecule has 1 heterocycles. The zero-order valence-electron chi connectivity index (χ0n) is 10.4. The minimum Gasteiger partial charge on any atom is -0.360 e. The number of nitrogens with zero attached hydrogens (tertiary/aromatic N) is 1. The topological polar surface area (TPSA) is 51.2 Å². The molecule has 0 bridgehead atoms. The third-order valence-electron chi connectivity index (χ3n) is 3.04. The van der Waals surface area contributed by atoms with Crippen LogP contribution in [0, 0.1) is 5.41 Å². The SMILES string of the molecule is CNC(=N)NC1CCN(C(C)(C)C)CC1. The molecule has 4 heteroatoms. The molecule has 0 aromatic rings. The molecule has 0 aliphatic carbocycles. The van der Waals surface area contributed by atoms with Gasteiger partial charge in [0.25, 0.3) is 0 Å². The number of hydrogen-bond donors (Lipinski definition) is 3. The van der Waals surface area contributed by atoms with Crippen LogP contribution < -0.4 is 10.6 Å². The molecule has 1 saturated heterocycles. The Bertz CT molecular complexity index is 211. The van der Waals surface area contributed by atoms with Crippen molar-refractivity contribution < 1.29 is 0 Å². The largest absolute Gasteiger partial charge is 0.360 e. The molecule has 15 heavy (non-hydrogen) atoms. The van der Waals surface area contributed by atoms with Gasteiger partial charge in [-0.2, -0.15) is 0 Å². The van der Waals surface area contributed by atoms with Crippen molar-refractivity contribution in [1.82, 2.24) is 15.5 Å². The lowest BCUT2D eigenvalue weighted by Crippen LogP contribution is -2.52. The lowest BCUT2D eigenvalue weighted by atomic mass is 9.98. The first-order chi connectivity index (χ1) is 6.93. The van der Waals surface area contributed by atoms with Gasteiger partial charge in [0.1, 0.15) is 0 Å². The molecule has 0 spiro atoms. The second-order valence-electron chi connectivity index (χ2n) is 5.20. The van der Waals surface area contributed by atoms with Gasteiger partial charge < -0.3 is 10.6 Å². The van der Waals surface area contributed by atoms with E-state index >= 15 is 0 Å². The maximum absolute atomic E-state index is 7.51. The lowest BCUT2D eigenvalue weighted by Gasteiger charge is -2.41. The van der Waals surface area contributed by atoms with E-state index in [0.717, 1.165) is 25.9 Å². The van der Waals surface area contributed by atoms with Crippen molar-refractivity contribution in [2.24, 2.45) is 0 Å². The van der Waals surface area contributed by atoms with Crippen LogP contribution >= 0.6 is 0 Å². The molecule has 0 unspecified atom stereocenters. The molecule has 0 aromatic carbocycles. The Morgan fingerprint density at radius 3 is 2.20 bits per heavy atom. The highest BCUT2D eigenvalue weighted by Crippen LogP contribution is 2.19. The number of nitrogens with one attached hydrogen (secondary N) is 3.